The number of nitrogens with one attached hydrogen (secondary N) is 2. The van der Waals surface area contributed by atoms with Gasteiger partial charge in [0, 0.05) is 30.7 Å². The van der Waals surface area contributed by atoms with Crippen molar-refractivity contribution in [1.29, 1.82) is 0 Å². The van der Waals surface area contributed by atoms with Gasteiger partial charge in [-0.05, 0) is 26.0 Å². The molecule has 0 saturated heterocycles. The second-order valence-corrected chi connectivity index (χ2v) is 5.21. The second-order valence-electron chi connectivity index (χ2n) is 4.80. The summed E-state index contributed by atoms with van der Waals surface area (Å²) in [7, 11) is 1.62. The number of hydrogen-bond donors (Lipinski definition) is 3. The molecule has 0 aliphatic carbocycles. The van der Waals surface area contributed by atoms with Gasteiger partial charge in [0.1, 0.15) is 5.75 Å². The number of halogens is 1. The van der Waals surface area contributed by atoms with Gasteiger partial charge in [0.15, 0.2) is 0 Å². The van der Waals surface area contributed by atoms with Crippen LogP contribution in [0.3, 0.4) is 0 Å². The van der Waals surface area contributed by atoms with Crippen LogP contribution >= 0.6 is 11.6 Å². The van der Waals surface area contributed by atoms with E-state index in [0.29, 0.717) is 23.7 Å². The highest BCUT2D eigenvalue weighted by molar-refractivity contribution is 6.31. The molecule has 18 heavy (non-hydrogen) atoms. The fraction of sp³-hybridized carbons (Fsp3) is 0.462. The number of benzene rings is 1. The van der Waals surface area contributed by atoms with E-state index in [1.54, 1.807) is 25.2 Å². The number of hydrogen-bond acceptors (Lipinski definition) is 3. The third kappa shape index (κ3) is 3.62. The van der Waals surface area contributed by atoms with Crippen molar-refractivity contribution in [2.24, 2.45) is 5.41 Å². The van der Waals surface area contributed by atoms with Crippen molar-refractivity contribution < 1.29 is 9.90 Å². The van der Waals surface area contributed by atoms with Crippen molar-refractivity contribution in [1.82, 2.24) is 10.6 Å². The Balaban J connectivity index is 2.59. The van der Waals surface area contributed by atoms with E-state index >= 15 is 0 Å². The first-order valence-corrected chi connectivity index (χ1v) is 6.15. The zero-order valence-electron chi connectivity index (χ0n) is 10.9. The maximum absolute atomic E-state index is 11.6. The van der Waals surface area contributed by atoms with Crippen molar-refractivity contribution in [2.45, 2.75) is 20.4 Å². The number of carbonyl (C=O) groups is 1. The van der Waals surface area contributed by atoms with Crippen molar-refractivity contribution in [2.75, 3.05) is 13.6 Å². The molecule has 0 atom stereocenters. The van der Waals surface area contributed by atoms with Crippen LogP contribution in [0.4, 0.5) is 0 Å². The summed E-state index contributed by atoms with van der Waals surface area (Å²) in [5, 5.41) is 15.9. The lowest BCUT2D eigenvalue weighted by Gasteiger charge is -2.23. The first-order chi connectivity index (χ1) is 8.38. The summed E-state index contributed by atoms with van der Waals surface area (Å²) in [6.07, 6.45) is 0. The summed E-state index contributed by atoms with van der Waals surface area (Å²) in [5.41, 5.74) is 0.137. The van der Waals surface area contributed by atoms with Crippen molar-refractivity contribution in [3.63, 3.8) is 0 Å². The molecule has 1 aromatic carbocycles. The lowest BCUT2D eigenvalue weighted by Crippen LogP contribution is -2.41. The summed E-state index contributed by atoms with van der Waals surface area (Å²) in [6, 6.07) is 5.00. The minimum atomic E-state index is -0.508. The molecule has 0 bridgehead atoms. The zero-order chi connectivity index (χ0) is 13.8. The molecule has 0 spiro atoms. The molecule has 0 aromatic heterocycles. The fourth-order valence-electron chi connectivity index (χ4n) is 1.64. The van der Waals surface area contributed by atoms with E-state index in [4.69, 9.17) is 11.6 Å². The van der Waals surface area contributed by atoms with E-state index in [1.165, 1.54) is 0 Å². The molecule has 0 aliphatic heterocycles. The smallest absolute Gasteiger partial charge is 0.226 e. The Morgan fingerprint density at radius 3 is 2.67 bits per heavy atom. The van der Waals surface area contributed by atoms with Gasteiger partial charge in [0.05, 0.1) is 5.41 Å². The summed E-state index contributed by atoms with van der Waals surface area (Å²) >= 11 is 5.99. The minimum Gasteiger partial charge on any atom is -0.508 e. The molecule has 0 unspecified atom stereocenters. The van der Waals surface area contributed by atoms with Crippen LogP contribution in [0.1, 0.15) is 19.4 Å². The van der Waals surface area contributed by atoms with Gasteiger partial charge in [-0.15, -0.1) is 0 Å². The number of amides is 1. The van der Waals surface area contributed by atoms with Crippen LogP contribution in [-0.4, -0.2) is 24.6 Å². The van der Waals surface area contributed by atoms with E-state index < -0.39 is 5.41 Å². The predicted molar refractivity (Wildman–Crippen MR) is 72.7 cm³/mol. The van der Waals surface area contributed by atoms with Gasteiger partial charge in [-0.3, -0.25) is 4.79 Å². The topological polar surface area (TPSA) is 61.4 Å². The summed E-state index contributed by atoms with van der Waals surface area (Å²) < 4.78 is 0. The Labute approximate surface area is 112 Å². The summed E-state index contributed by atoms with van der Waals surface area (Å²) in [4.78, 5) is 11.6. The Hall–Kier alpha value is -1.26. The van der Waals surface area contributed by atoms with Gasteiger partial charge >= 0.3 is 0 Å². The van der Waals surface area contributed by atoms with Crippen molar-refractivity contribution in [3.05, 3.63) is 28.8 Å². The first kappa shape index (κ1) is 14.8. The van der Waals surface area contributed by atoms with Crippen molar-refractivity contribution >= 4 is 17.5 Å². The average molecular weight is 271 g/mol. The van der Waals surface area contributed by atoms with E-state index in [-0.39, 0.29) is 11.7 Å². The van der Waals surface area contributed by atoms with Crippen LogP contribution in [-0.2, 0) is 11.3 Å². The number of aromatic hydroxyl groups is 1. The molecule has 4 nitrogen and oxygen atoms in total. The van der Waals surface area contributed by atoms with Gasteiger partial charge in [0.2, 0.25) is 5.91 Å². The third-order valence-corrected chi connectivity index (χ3v) is 3.16. The second kappa shape index (κ2) is 6.07. The molecular weight excluding hydrogens is 252 g/mol. The largest absolute Gasteiger partial charge is 0.508 e. The lowest BCUT2D eigenvalue weighted by atomic mass is 9.92. The van der Waals surface area contributed by atoms with Gasteiger partial charge in [-0.1, -0.05) is 17.7 Å². The highest BCUT2D eigenvalue weighted by atomic mass is 35.5. The number of rotatable bonds is 5. The number of phenolic OH excluding ortho intramolecular Hbond substituents is 1. The van der Waals surface area contributed by atoms with Crippen LogP contribution in [0, 0.1) is 5.41 Å². The van der Waals surface area contributed by atoms with Crippen LogP contribution < -0.4 is 10.6 Å². The van der Waals surface area contributed by atoms with Crippen LogP contribution in [0.15, 0.2) is 18.2 Å². The number of carbonyl (C=O) groups excluding carboxylic acids is 1. The Bertz CT molecular complexity index is 413. The van der Waals surface area contributed by atoms with E-state index in [9.17, 15) is 9.90 Å². The normalized spacial score (nSPS) is 11.3. The van der Waals surface area contributed by atoms with E-state index in [1.807, 2.05) is 13.8 Å². The SMILES string of the molecule is CNC(=O)C(C)(C)CNCc1c(O)cccc1Cl. The Kier molecular flexibility index (Phi) is 4.99. The Morgan fingerprint density at radius 2 is 2.11 bits per heavy atom. The number of phenols is 1. The lowest BCUT2D eigenvalue weighted by molar-refractivity contribution is -0.128. The molecule has 0 fully saturated rings. The first-order valence-electron chi connectivity index (χ1n) is 5.77. The van der Waals surface area contributed by atoms with E-state index in [2.05, 4.69) is 10.6 Å². The molecule has 0 aliphatic rings. The van der Waals surface area contributed by atoms with Crippen LogP contribution in [0.2, 0.25) is 5.02 Å². The molecule has 0 heterocycles. The van der Waals surface area contributed by atoms with Crippen LogP contribution in [0.5, 0.6) is 5.75 Å². The van der Waals surface area contributed by atoms with Gasteiger partial charge in [-0.25, -0.2) is 0 Å². The molecule has 3 N–H and O–H groups in total. The Morgan fingerprint density at radius 1 is 1.44 bits per heavy atom. The summed E-state index contributed by atoms with van der Waals surface area (Å²) in [6.45, 7) is 4.62. The predicted octanol–water partition coefficient (Wildman–Crippen LogP) is 1.91. The molecule has 0 radical (unpaired) electrons. The van der Waals surface area contributed by atoms with Crippen molar-refractivity contribution in [3.8, 4) is 5.75 Å². The molecule has 1 aromatic rings. The van der Waals surface area contributed by atoms with Gasteiger partial charge in [0.25, 0.3) is 0 Å². The monoisotopic (exact) mass is 270 g/mol. The average Bonchev–Trinajstić information content (AvgIpc) is 2.31. The minimum absolute atomic E-state index is 0.0293. The molecule has 0 saturated carbocycles. The molecule has 1 rings (SSSR count). The zero-order valence-corrected chi connectivity index (χ0v) is 11.6. The highest BCUT2D eigenvalue weighted by Crippen LogP contribution is 2.25. The molecular formula is C13H19ClN2O2. The van der Waals surface area contributed by atoms with Gasteiger partial charge < -0.3 is 15.7 Å². The summed E-state index contributed by atoms with van der Waals surface area (Å²) in [5.74, 6) is 0.131. The fourth-order valence-corrected chi connectivity index (χ4v) is 1.88. The molecule has 100 valence electrons. The highest BCUT2D eigenvalue weighted by Gasteiger charge is 2.26. The van der Waals surface area contributed by atoms with E-state index in [0.717, 1.165) is 0 Å². The maximum atomic E-state index is 11.6. The quantitative estimate of drug-likeness (QED) is 0.766. The molecule has 1 amide bonds. The van der Waals surface area contributed by atoms with Gasteiger partial charge in [-0.2, -0.15) is 0 Å². The standard InChI is InChI=1S/C13H19ClN2O2/c1-13(2,12(18)15-3)8-16-7-9-10(14)5-4-6-11(9)17/h4-6,16-17H,7-8H2,1-3H3,(H,15,18). The van der Waals surface area contributed by atoms with Crippen LogP contribution in [0.25, 0.3) is 0 Å². The molecule has 5 heteroatoms. The third-order valence-electron chi connectivity index (χ3n) is 2.80. The maximum Gasteiger partial charge on any atom is 0.226 e.